The second kappa shape index (κ2) is 2.29. The molecule has 68 valence electrons. The lowest BCUT2D eigenvalue weighted by Gasteiger charge is -1.94. The zero-order valence-electron chi connectivity index (χ0n) is 6.90. The van der Waals surface area contributed by atoms with Crippen molar-refractivity contribution in [2.75, 3.05) is 0 Å². The number of phenols is 2. The Balaban J connectivity index is 2.97. The van der Waals surface area contributed by atoms with Gasteiger partial charge in [-0.05, 0) is 6.07 Å². The second-order valence-corrected chi connectivity index (χ2v) is 2.86. The monoisotopic (exact) mass is 180 g/mol. The van der Waals surface area contributed by atoms with Crippen molar-refractivity contribution in [1.82, 2.24) is 9.78 Å². The predicted molar refractivity (Wildman–Crippen MR) is 46.9 cm³/mol. The fourth-order valence-electron chi connectivity index (χ4n) is 1.26. The number of aromatic hydroxyl groups is 2. The summed E-state index contributed by atoms with van der Waals surface area (Å²) in [5.74, 6) is -0.529. The fraction of sp³-hybridized carbons (Fsp3) is 0.125. The van der Waals surface area contributed by atoms with Gasteiger partial charge in [0.25, 0.3) is 5.56 Å². The van der Waals surface area contributed by atoms with Crippen LogP contribution in [0.3, 0.4) is 0 Å². The number of hydrogen-bond donors (Lipinski definition) is 3. The summed E-state index contributed by atoms with van der Waals surface area (Å²) in [6.45, 7) is 0. The largest absolute Gasteiger partial charge is 0.504 e. The van der Waals surface area contributed by atoms with Gasteiger partial charge in [0.05, 0.1) is 10.9 Å². The number of fused-ring (bicyclic) bond motifs is 1. The SMILES string of the molecule is Cn1[nH]c2cc(O)c(O)cc2c1=O. The molecule has 0 fully saturated rings. The minimum Gasteiger partial charge on any atom is -0.504 e. The number of aryl methyl sites for hydroxylation is 1. The maximum Gasteiger partial charge on any atom is 0.274 e. The first-order chi connectivity index (χ1) is 6.09. The van der Waals surface area contributed by atoms with Gasteiger partial charge in [0.15, 0.2) is 11.5 Å². The summed E-state index contributed by atoms with van der Waals surface area (Å²) in [7, 11) is 1.57. The van der Waals surface area contributed by atoms with E-state index in [0.717, 1.165) is 0 Å². The van der Waals surface area contributed by atoms with Crippen LogP contribution in [0.4, 0.5) is 0 Å². The summed E-state index contributed by atoms with van der Waals surface area (Å²) < 4.78 is 1.28. The summed E-state index contributed by atoms with van der Waals surface area (Å²) in [6, 6.07) is 2.55. The van der Waals surface area contributed by atoms with Crippen molar-refractivity contribution < 1.29 is 10.2 Å². The lowest BCUT2D eigenvalue weighted by Crippen LogP contribution is -2.10. The van der Waals surface area contributed by atoms with Crippen molar-refractivity contribution in [1.29, 1.82) is 0 Å². The molecular weight excluding hydrogens is 172 g/mol. The molecule has 13 heavy (non-hydrogen) atoms. The topological polar surface area (TPSA) is 78.2 Å². The number of H-pyrrole nitrogens is 1. The quantitative estimate of drug-likeness (QED) is 0.509. The van der Waals surface area contributed by atoms with E-state index in [1.165, 1.54) is 16.8 Å². The third-order valence-electron chi connectivity index (χ3n) is 1.94. The van der Waals surface area contributed by atoms with Crippen LogP contribution in [0.5, 0.6) is 11.5 Å². The van der Waals surface area contributed by atoms with Gasteiger partial charge in [-0.15, -0.1) is 0 Å². The number of nitrogens with zero attached hydrogens (tertiary/aromatic N) is 1. The Morgan fingerprint density at radius 2 is 1.92 bits per heavy atom. The van der Waals surface area contributed by atoms with Crippen LogP contribution in [0.25, 0.3) is 10.9 Å². The first-order valence-electron chi connectivity index (χ1n) is 3.70. The van der Waals surface area contributed by atoms with Crippen LogP contribution in [0.2, 0.25) is 0 Å². The van der Waals surface area contributed by atoms with E-state index in [1.54, 1.807) is 7.05 Å². The minimum atomic E-state index is -0.288. The van der Waals surface area contributed by atoms with Crippen molar-refractivity contribution >= 4 is 10.9 Å². The minimum absolute atomic E-state index is 0.231. The number of benzene rings is 1. The molecule has 1 heterocycles. The predicted octanol–water partition coefficient (Wildman–Crippen LogP) is 0.278. The van der Waals surface area contributed by atoms with Gasteiger partial charge in [-0.1, -0.05) is 0 Å². The molecule has 2 rings (SSSR count). The van der Waals surface area contributed by atoms with Gasteiger partial charge in [0.2, 0.25) is 0 Å². The first-order valence-corrected chi connectivity index (χ1v) is 3.70. The Bertz CT molecular complexity index is 524. The highest BCUT2D eigenvalue weighted by atomic mass is 16.3. The smallest absolute Gasteiger partial charge is 0.274 e. The van der Waals surface area contributed by atoms with Crippen molar-refractivity contribution in [3.8, 4) is 11.5 Å². The van der Waals surface area contributed by atoms with Crippen LogP contribution in [0.1, 0.15) is 0 Å². The Labute approximate surface area is 72.8 Å². The first kappa shape index (κ1) is 7.72. The molecule has 5 heteroatoms. The van der Waals surface area contributed by atoms with Gasteiger partial charge < -0.3 is 10.2 Å². The van der Waals surface area contributed by atoms with E-state index in [4.69, 9.17) is 10.2 Å². The average Bonchev–Trinajstić information content (AvgIpc) is 2.32. The van der Waals surface area contributed by atoms with E-state index in [2.05, 4.69) is 5.10 Å². The molecule has 0 spiro atoms. The maximum absolute atomic E-state index is 11.3. The molecule has 2 aromatic rings. The van der Waals surface area contributed by atoms with Gasteiger partial charge in [-0.25, -0.2) is 0 Å². The van der Waals surface area contributed by atoms with Crippen LogP contribution in [-0.2, 0) is 7.05 Å². The maximum atomic E-state index is 11.3. The van der Waals surface area contributed by atoms with E-state index < -0.39 is 0 Å². The van der Waals surface area contributed by atoms with E-state index in [-0.39, 0.29) is 17.1 Å². The van der Waals surface area contributed by atoms with E-state index in [0.29, 0.717) is 10.9 Å². The Morgan fingerprint density at radius 1 is 1.31 bits per heavy atom. The molecule has 0 amide bonds. The summed E-state index contributed by atoms with van der Waals surface area (Å²) in [5, 5.41) is 21.4. The number of rotatable bonds is 0. The number of hydrogen-bond acceptors (Lipinski definition) is 3. The average molecular weight is 180 g/mol. The van der Waals surface area contributed by atoms with Crippen molar-refractivity contribution in [2.24, 2.45) is 7.05 Å². The molecule has 0 unspecified atom stereocenters. The van der Waals surface area contributed by atoms with Crippen LogP contribution >= 0.6 is 0 Å². The van der Waals surface area contributed by atoms with Gasteiger partial charge in [-0.3, -0.25) is 14.6 Å². The van der Waals surface area contributed by atoms with Crippen LogP contribution in [-0.4, -0.2) is 20.0 Å². The highest BCUT2D eigenvalue weighted by Crippen LogP contribution is 2.27. The zero-order chi connectivity index (χ0) is 9.59. The van der Waals surface area contributed by atoms with E-state index in [1.807, 2.05) is 0 Å². The number of nitrogens with one attached hydrogen (secondary N) is 1. The number of aromatic amines is 1. The standard InChI is InChI=1S/C8H8N2O3/c1-10-8(13)4-2-6(11)7(12)3-5(4)9-10/h2-3,9,11-12H,1H3. The second-order valence-electron chi connectivity index (χ2n) is 2.86. The molecule has 0 aliphatic heterocycles. The molecule has 0 atom stereocenters. The molecule has 0 radical (unpaired) electrons. The van der Waals surface area contributed by atoms with E-state index >= 15 is 0 Å². The molecule has 0 saturated heterocycles. The van der Waals surface area contributed by atoms with E-state index in [9.17, 15) is 4.79 Å². The van der Waals surface area contributed by atoms with Crippen molar-refractivity contribution in [2.45, 2.75) is 0 Å². The summed E-state index contributed by atoms with van der Waals surface area (Å²) in [5.41, 5.74) is 0.271. The zero-order valence-corrected chi connectivity index (χ0v) is 6.90. The summed E-state index contributed by atoms with van der Waals surface area (Å²) in [4.78, 5) is 11.3. The third kappa shape index (κ3) is 0.970. The van der Waals surface area contributed by atoms with Crippen LogP contribution in [0.15, 0.2) is 16.9 Å². The lowest BCUT2D eigenvalue weighted by atomic mass is 10.2. The molecule has 0 saturated carbocycles. The molecule has 5 nitrogen and oxygen atoms in total. The molecule has 1 aromatic carbocycles. The van der Waals surface area contributed by atoms with Gasteiger partial charge in [0.1, 0.15) is 0 Å². The van der Waals surface area contributed by atoms with Gasteiger partial charge in [-0.2, -0.15) is 0 Å². The normalized spacial score (nSPS) is 10.8. The highest BCUT2D eigenvalue weighted by Gasteiger charge is 2.07. The Kier molecular flexibility index (Phi) is 1.36. The highest BCUT2D eigenvalue weighted by molar-refractivity contribution is 5.81. The molecular formula is C8H8N2O3. The summed E-state index contributed by atoms with van der Waals surface area (Å²) in [6.07, 6.45) is 0. The van der Waals surface area contributed by atoms with Crippen LogP contribution in [0, 0.1) is 0 Å². The van der Waals surface area contributed by atoms with Gasteiger partial charge in [0, 0.05) is 13.1 Å². The Morgan fingerprint density at radius 3 is 2.62 bits per heavy atom. The number of aromatic nitrogens is 2. The van der Waals surface area contributed by atoms with Gasteiger partial charge >= 0.3 is 0 Å². The van der Waals surface area contributed by atoms with Crippen molar-refractivity contribution in [3.05, 3.63) is 22.5 Å². The molecule has 1 aromatic heterocycles. The Hall–Kier alpha value is -1.91. The molecule has 0 aliphatic rings. The molecule has 0 aliphatic carbocycles. The van der Waals surface area contributed by atoms with Crippen LogP contribution < -0.4 is 5.56 Å². The molecule has 3 N–H and O–H groups in total. The van der Waals surface area contributed by atoms with Crippen molar-refractivity contribution in [3.63, 3.8) is 0 Å². The molecule has 0 bridgehead atoms. The lowest BCUT2D eigenvalue weighted by molar-refractivity contribution is 0.405. The third-order valence-corrected chi connectivity index (χ3v) is 1.94. The summed E-state index contributed by atoms with van der Waals surface area (Å²) >= 11 is 0. The number of phenolic OH excluding ortho intramolecular Hbond substituents is 2. The fourth-order valence-corrected chi connectivity index (χ4v) is 1.26.